The van der Waals surface area contributed by atoms with Crippen molar-refractivity contribution in [1.82, 2.24) is 20.4 Å². The van der Waals surface area contributed by atoms with Gasteiger partial charge in [0, 0.05) is 32.3 Å². The summed E-state index contributed by atoms with van der Waals surface area (Å²) in [6.45, 7) is 4.40. The quantitative estimate of drug-likeness (QED) is 0.722. The maximum Gasteiger partial charge on any atom is 0.222 e. The second-order valence-electron chi connectivity index (χ2n) is 3.63. The molecule has 1 aromatic rings. The van der Waals surface area contributed by atoms with Gasteiger partial charge in [-0.1, -0.05) is 0 Å². The molecule has 1 fully saturated rings. The zero-order valence-electron chi connectivity index (χ0n) is 8.86. The van der Waals surface area contributed by atoms with E-state index in [1.165, 1.54) is 0 Å². The zero-order valence-corrected chi connectivity index (χ0v) is 8.86. The summed E-state index contributed by atoms with van der Waals surface area (Å²) in [6, 6.07) is 2.06. The van der Waals surface area contributed by atoms with Gasteiger partial charge in [-0.05, 0) is 13.0 Å². The minimum atomic E-state index is 0.0925. The van der Waals surface area contributed by atoms with Crippen LogP contribution < -0.4 is 10.6 Å². The highest BCUT2D eigenvalue weighted by atomic mass is 16.1. The summed E-state index contributed by atoms with van der Waals surface area (Å²) < 4.78 is 1.93. The van der Waals surface area contributed by atoms with Gasteiger partial charge >= 0.3 is 0 Å². The van der Waals surface area contributed by atoms with Gasteiger partial charge in [-0.15, -0.1) is 0 Å². The molecule has 15 heavy (non-hydrogen) atoms. The lowest BCUT2D eigenvalue weighted by Gasteiger charge is -2.15. The molecule has 2 heterocycles. The Kier molecular flexibility index (Phi) is 3.01. The van der Waals surface area contributed by atoms with Crippen molar-refractivity contribution in [3.8, 4) is 0 Å². The lowest BCUT2D eigenvalue weighted by Crippen LogP contribution is -2.25. The number of nitrogens with one attached hydrogen (secondary N) is 2. The van der Waals surface area contributed by atoms with Crippen molar-refractivity contribution >= 4 is 5.91 Å². The molecule has 0 bridgehead atoms. The predicted octanol–water partition coefficient (Wildman–Crippen LogP) is 0.0536. The molecule has 1 saturated heterocycles. The van der Waals surface area contributed by atoms with Gasteiger partial charge in [-0.25, -0.2) is 0 Å². The Hall–Kier alpha value is -1.36. The van der Waals surface area contributed by atoms with Crippen LogP contribution in [-0.2, 0) is 11.3 Å². The largest absolute Gasteiger partial charge is 0.355 e. The van der Waals surface area contributed by atoms with Gasteiger partial charge in [0.05, 0.1) is 11.7 Å². The summed E-state index contributed by atoms with van der Waals surface area (Å²) in [5, 5.41) is 10.4. The number of hydrogen-bond donors (Lipinski definition) is 2. The van der Waals surface area contributed by atoms with E-state index in [-0.39, 0.29) is 11.9 Å². The first-order valence-corrected chi connectivity index (χ1v) is 5.33. The Morgan fingerprint density at radius 2 is 2.47 bits per heavy atom. The topological polar surface area (TPSA) is 59.0 Å². The van der Waals surface area contributed by atoms with Crippen LogP contribution in [-0.4, -0.2) is 28.8 Å². The van der Waals surface area contributed by atoms with Gasteiger partial charge in [0.25, 0.3) is 0 Å². The minimum Gasteiger partial charge on any atom is -0.355 e. The zero-order chi connectivity index (χ0) is 10.7. The normalized spacial score (nSPS) is 22.2. The molecule has 0 saturated carbocycles. The molecular weight excluding hydrogens is 192 g/mol. The third-order valence-corrected chi connectivity index (χ3v) is 2.63. The number of aryl methyl sites for hydroxylation is 1. The first kappa shape index (κ1) is 10.2. The van der Waals surface area contributed by atoms with Crippen molar-refractivity contribution < 1.29 is 4.79 Å². The summed E-state index contributed by atoms with van der Waals surface area (Å²) in [4.78, 5) is 11.4. The summed E-state index contributed by atoms with van der Waals surface area (Å²) in [7, 11) is 0. The number of carbonyl (C=O) groups excluding carboxylic acids is 1. The summed E-state index contributed by atoms with van der Waals surface area (Å²) >= 11 is 0. The molecule has 2 rings (SSSR count). The van der Waals surface area contributed by atoms with E-state index >= 15 is 0 Å². The van der Waals surface area contributed by atoms with Crippen molar-refractivity contribution in [2.75, 3.05) is 13.1 Å². The number of rotatable bonds is 2. The van der Waals surface area contributed by atoms with Crippen LogP contribution >= 0.6 is 0 Å². The molecule has 0 radical (unpaired) electrons. The van der Waals surface area contributed by atoms with Gasteiger partial charge < -0.3 is 10.6 Å². The van der Waals surface area contributed by atoms with E-state index in [1.807, 2.05) is 17.7 Å². The van der Waals surface area contributed by atoms with Gasteiger partial charge in [0.1, 0.15) is 0 Å². The molecule has 2 N–H and O–H groups in total. The van der Waals surface area contributed by atoms with Crippen LogP contribution in [0, 0.1) is 0 Å². The van der Waals surface area contributed by atoms with Crippen molar-refractivity contribution in [1.29, 1.82) is 0 Å². The molecular formula is C10H16N4O. The molecule has 82 valence electrons. The van der Waals surface area contributed by atoms with Crippen molar-refractivity contribution in [3.63, 3.8) is 0 Å². The monoisotopic (exact) mass is 208 g/mol. The van der Waals surface area contributed by atoms with Crippen molar-refractivity contribution in [3.05, 3.63) is 18.0 Å². The average molecular weight is 208 g/mol. The molecule has 5 nitrogen and oxygen atoms in total. The van der Waals surface area contributed by atoms with E-state index in [0.717, 1.165) is 18.8 Å². The first-order chi connectivity index (χ1) is 7.31. The molecule has 0 spiro atoms. The SMILES string of the molecule is CCn1nccc1C1CC(=O)NCCN1. The number of carbonyl (C=O) groups is 1. The van der Waals surface area contributed by atoms with Gasteiger partial charge in [-0.2, -0.15) is 5.10 Å². The van der Waals surface area contributed by atoms with Crippen LogP contribution in [0.25, 0.3) is 0 Å². The van der Waals surface area contributed by atoms with Gasteiger partial charge in [0.15, 0.2) is 0 Å². The molecule has 1 aliphatic rings. The molecule has 0 aliphatic carbocycles. The number of aromatic nitrogens is 2. The maximum absolute atomic E-state index is 11.4. The summed E-state index contributed by atoms with van der Waals surface area (Å²) in [5.74, 6) is 0.105. The summed E-state index contributed by atoms with van der Waals surface area (Å²) in [6.07, 6.45) is 2.27. The number of nitrogens with zero attached hydrogens (tertiary/aromatic N) is 2. The number of amides is 1. The van der Waals surface area contributed by atoms with Crippen LogP contribution in [0.2, 0.25) is 0 Å². The van der Waals surface area contributed by atoms with Crippen LogP contribution in [0.3, 0.4) is 0 Å². The van der Waals surface area contributed by atoms with Gasteiger partial charge in [0.2, 0.25) is 5.91 Å². The maximum atomic E-state index is 11.4. The van der Waals surface area contributed by atoms with Crippen LogP contribution in [0.5, 0.6) is 0 Å². The molecule has 0 aromatic carbocycles. The standard InChI is InChI=1S/C10H16N4O/c1-2-14-9(3-4-13-14)8-7-10(15)12-6-5-11-8/h3-4,8,11H,2,5-7H2,1H3,(H,12,15). The number of hydrogen-bond acceptors (Lipinski definition) is 3. The Balaban J connectivity index is 2.17. The Labute approximate surface area is 88.8 Å². The fourth-order valence-corrected chi connectivity index (χ4v) is 1.89. The molecule has 1 aliphatic heterocycles. The molecule has 1 atom stereocenters. The van der Waals surface area contributed by atoms with E-state index in [2.05, 4.69) is 15.7 Å². The highest BCUT2D eigenvalue weighted by molar-refractivity contribution is 5.77. The van der Waals surface area contributed by atoms with E-state index < -0.39 is 0 Å². The highest BCUT2D eigenvalue weighted by Gasteiger charge is 2.20. The predicted molar refractivity (Wildman–Crippen MR) is 56.3 cm³/mol. The second-order valence-corrected chi connectivity index (χ2v) is 3.63. The smallest absolute Gasteiger partial charge is 0.222 e. The van der Waals surface area contributed by atoms with Crippen LogP contribution in [0.4, 0.5) is 0 Å². The third-order valence-electron chi connectivity index (χ3n) is 2.63. The Morgan fingerprint density at radius 1 is 1.60 bits per heavy atom. The van der Waals surface area contributed by atoms with E-state index in [4.69, 9.17) is 0 Å². The second kappa shape index (κ2) is 4.44. The lowest BCUT2D eigenvalue weighted by atomic mass is 10.1. The minimum absolute atomic E-state index is 0.0925. The third kappa shape index (κ3) is 2.18. The van der Waals surface area contributed by atoms with E-state index in [0.29, 0.717) is 13.0 Å². The van der Waals surface area contributed by atoms with Crippen molar-refractivity contribution in [2.24, 2.45) is 0 Å². The Morgan fingerprint density at radius 3 is 3.27 bits per heavy atom. The fraction of sp³-hybridized carbons (Fsp3) is 0.600. The molecule has 1 unspecified atom stereocenters. The van der Waals surface area contributed by atoms with E-state index in [1.54, 1.807) is 6.20 Å². The average Bonchev–Trinajstić information content (AvgIpc) is 2.61. The molecule has 1 aromatic heterocycles. The highest BCUT2D eigenvalue weighted by Crippen LogP contribution is 2.17. The van der Waals surface area contributed by atoms with Gasteiger partial charge in [-0.3, -0.25) is 9.48 Å². The van der Waals surface area contributed by atoms with Crippen molar-refractivity contribution in [2.45, 2.75) is 25.9 Å². The molecule has 5 heteroatoms. The van der Waals surface area contributed by atoms with Crippen LogP contribution in [0.1, 0.15) is 25.1 Å². The lowest BCUT2D eigenvalue weighted by molar-refractivity contribution is -0.121. The molecule has 1 amide bonds. The Bertz CT molecular complexity index is 347. The van der Waals surface area contributed by atoms with E-state index in [9.17, 15) is 4.79 Å². The summed E-state index contributed by atoms with van der Waals surface area (Å²) in [5.41, 5.74) is 1.09. The van der Waals surface area contributed by atoms with Crippen LogP contribution in [0.15, 0.2) is 12.3 Å². The first-order valence-electron chi connectivity index (χ1n) is 5.33. The fourth-order valence-electron chi connectivity index (χ4n) is 1.89.